The lowest BCUT2D eigenvalue weighted by atomic mass is 10.0. The topological polar surface area (TPSA) is 78.9 Å². The maximum Gasteiger partial charge on any atom is 0.306 e. The molecular formula is C59H98O6. The molecule has 0 aliphatic heterocycles. The largest absolute Gasteiger partial charge is 0.462 e. The minimum absolute atomic E-state index is 0.115. The monoisotopic (exact) mass is 903 g/mol. The molecule has 6 heteroatoms. The van der Waals surface area contributed by atoms with Crippen LogP contribution in [0.25, 0.3) is 0 Å². The Labute approximate surface area is 400 Å². The van der Waals surface area contributed by atoms with Crippen molar-refractivity contribution in [2.75, 3.05) is 13.2 Å². The van der Waals surface area contributed by atoms with Gasteiger partial charge in [-0.1, -0.05) is 221 Å². The Hall–Kier alpha value is -3.67. The Bertz CT molecular complexity index is 1310. The number of rotatable bonds is 47. The van der Waals surface area contributed by atoms with Crippen molar-refractivity contribution >= 4 is 17.9 Å². The van der Waals surface area contributed by atoms with Crippen LogP contribution in [0, 0.1) is 0 Å². The predicted octanol–water partition coefficient (Wildman–Crippen LogP) is 17.8. The first-order valence-corrected chi connectivity index (χ1v) is 26.7. The van der Waals surface area contributed by atoms with Crippen molar-refractivity contribution in [2.45, 2.75) is 245 Å². The molecule has 1 atom stereocenters. The molecule has 0 radical (unpaired) electrons. The number of unbranched alkanes of at least 4 members (excludes halogenated alkanes) is 20. The quantitative estimate of drug-likeness (QED) is 0.0262. The second-order valence-electron chi connectivity index (χ2n) is 17.4. The number of hydrogen-bond acceptors (Lipinski definition) is 6. The molecule has 0 spiro atoms. The van der Waals surface area contributed by atoms with E-state index in [1.807, 2.05) is 0 Å². The van der Waals surface area contributed by atoms with Crippen LogP contribution in [0.5, 0.6) is 0 Å². The van der Waals surface area contributed by atoms with Gasteiger partial charge in [-0.25, -0.2) is 0 Å². The number of allylic oxidation sites excluding steroid dienone is 16. The minimum Gasteiger partial charge on any atom is -0.462 e. The van der Waals surface area contributed by atoms with Crippen molar-refractivity contribution in [3.05, 3.63) is 97.2 Å². The lowest BCUT2D eigenvalue weighted by molar-refractivity contribution is -0.167. The van der Waals surface area contributed by atoms with E-state index in [0.717, 1.165) is 70.6 Å². The number of carbonyl (C=O) groups excluding carboxylic acids is 3. The molecule has 0 aromatic rings. The summed E-state index contributed by atoms with van der Waals surface area (Å²) < 4.78 is 16.7. The minimum atomic E-state index is -0.827. The summed E-state index contributed by atoms with van der Waals surface area (Å²) >= 11 is 0. The van der Waals surface area contributed by atoms with Crippen LogP contribution in [0.4, 0.5) is 0 Å². The molecule has 0 fully saturated rings. The van der Waals surface area contributed by atoms with Gasteiger partial charge >= 0.3 is 17.9 Å². The van der Waals surface area contributed by atoms with Crippen molar-refractivity contribution in [3.8, 4) is 0 Å². The summed E-state index contributed by atoms with van der Waals surface area (Å²) in [6, 6.07) is 0. The lowest BCUT2D eigenvalue weighted by Gasteiger charge is -2.18. The smallest absolute Gasteiger partial charge is 0.306 e. The number of ether oxygens (including phenoxy) is 3. The highest BCUT2D eigenvalue weighted by atomic mass is 16.6. The van der Waals surface area contributed by atoms with E-state index < -0.39 is 6.10 Å². The highest BCUT2D eigenvalue weighted by molar-refractivity contribution is 5.71. The Morgan fingerprint density at radius 2 is 0.569 bits per heavy atom. The van der Waals surface area contributed by atoms with Crippen molar-refractivity contribution in [1.29, 1.82) is 0 Å². The first-order chi connectivity index (χ1) is 32.0. The van der Waals surface area contributed by atoms with E-state index in [0.29, 0.717) is 19.3 Å². The van der Waals surface area contributed by atoms with E-state index in [9.17, 15) is 14.4 Å². The average Bonchev–Trinajstić information content (AvgIpc) is 3.30. The molecule has 0 aromatic carbocycles. The fourth-order valence-corrected chi connectivity index (χ4v) is 7.01. The summed E-state index contributed by atoms with van der Waals surface area (Å²) in [6.07, 6.45) is 69.7. The normalized spacial score (nSPS) is 12.8. The predicted molar refractivity (Wildman–Crippen MR) is 279 cm³/mol. The van der Waals surface area contributed by atoms with Gasteiger partial charge in [-0.15, -0.1) is 0 Å². The molecule has 370 valence electrons. The van der Waals surface area contributed by atoms with Gasteiger partial charge in [-0.3, -0.25) is 14.4 Å². The second-order valence-corrected chi connectivity index (χ2v) is 17.4. The maximum absolute atomic E-state index is 12.8. The molecule has 0 saturated carbocycles. The summed E-state index contributed by atoms with van der Waals surface area (Å²) in [5.41, 5.74) is 0. The number of esters is 3. The molecule has 65 heavy (non-hydrogen) atoms. The molecule has 0 unspecified atom stereocenters. The summed E-state index contributed by atoms with van der Waals surface area (Å²) in [7, 11) is 0. The molecule has 0 amide bonds. The van der Waals surface area contributed by atoms with Gasteiger partial charge in [-0.05, 0) is 96.3 Å². The Morgan fingerprint density at radius 1 is 0.308 bits per heavy atom. The SMILES string of the molecule is CCCCCC=CCC=CCC=CCC=CCCCC(=O)OC[C@@H](COC(=O)CCCCCCCCCCCCCCC)OC(=O)CCCC=CCC=CCC=CCC=CCCCCC. The highest BCUT2D eigenvalue weighted by Crippen LogP contribution is 2.14. The third kappa shape index (κ3) is 51.2. The number of carbonyl (C=O) groups is 3. The fourth-order valence-electron chi connectivity index (χ4n) is 7.01. The van der Waals surface area contributed by atoms with Gasteiger partial charge in [0.25, 0.3) is 0 Å². The molecule has 6 nitrogen and oxygen atoms in total. The summed E-state index contributed by atoms with van der Waals surface area (Å²) in [5.74, 6) is -1.03. The third-order valence-corrected chi connectivity index (χ3v) is 11.1. The van der Waals surface area contributed by atoms with Crippen LogP contribution < -0.4 is 0 Å². The Kier molecular flexibility index (Phi) is 50.0. The van der Waals surface area contributed by atoms with Crippen LogP contribution in [0.3, 0.4) is 0 Å². The van der Waals surface area contributed by atoms with Crippen LogP contribution in [-0.2, 0) is 28.6 Å². The molecule has 0 heterocycles. The van der Waals surface area contributed by atoms with Crippen molar-refractivity contribution < 1.29 is 28.6 Å². The molecule has 0 rings (SSSR count). The van der Waals surface area contributed by atoms with Crippen LogP contribution in [0.15, 0.2) is 97.2 Å². The molecule has 0 aliphatic carbocycles. The Morgan fingerprint density at radius 3 is 0.923 bits per heavy atom. The van der Waals surface area contributed by atoms with E-state index in [-0.39, 0.29) is 44.0 Å². The molecule has 0 N–H and O–H groups in total. The van der Waals surface area contributed by atoms with Crippen LogP contribution in [0.2, 0.25) is 0 Å². The summed E-state index contributed by atoms with van der Waals surface area (Å²) in [5, 5.41) is 0. The Balaban J connectivity index is 4.57. The van der Waals surface area contributed by atoms with Gasteiger partial charge in [-0.2, -0.15) is 0 Å². The van der Waals surface area contributed by atoms with Crippen molar-refractivity contribution in [2.24, 2.45) is 0 Å². The van der Waals surface area contributed by atoms with E-state index in [4.69, 9.17) is 14.2 Å². The molecule has 0 aromatic heterocycles. The lowest BCUT2D eigenvalue weighted by Crippen LogP contribution is -2.30. The van der Waals surface area contributed by atoms with E-state index in [2.05, 4.69) is 118 Å². The molecular weight excluding hydrogens is 805 g/mol. The van der Waals surface area contributed by atoms with Gasteiger partial charge in [0.1, 0.15) is 13.2 Å². The number of hydrogen-bond donors (Lipinski definition) is 0. The molecule has 0 saturated heterocycles. The van der Waals surface area contributed by atoms with E-state index >= 15 is 0 Å². The van der Waals surface area contributed by atoms with Crippen molar-refractivity contribution in [1.82, 2.24) is 0 Å². The summed E-state index contributed by atoms with van der Waals surface area (Å²) in [6.45, 7) is 6.48. The zero-order chi connectivity index (χ0) is 47.2. The standard InChI is InChI=1S/C59H98O6/c1-4-7-10-13-16-19-22-25-27-29-31-34-37-40-43-46-49-52-58(61)64-55-56(54-63-57(60)51-48-45-42-39-36-33-24-21-18-15-12-9-6-3)65-59(62)53-50-47-44-41-38-35-32-30-28-26-23-20-17-14-11-8-5-2/h16-17,19-20,25-28,31-32,34-35,40-41,43-44,56H,4-15,18,21-24,29-30,33,36-39,42,45-55H2,1-3H3/t56-/m1/s1. The highest BCUT2D eigenvalue weighted by Gasteiger charge is 2.19. The van der Waals surface area contributed by atoms with Gasteiger partial charge < -0.3 is 14.2 Å². The van der Waals surface area contributed by atoms with Crippen LogP contribution in [-0.4, -0.2) is 37.2 Å². The van der Waals surface area contributed by atoms with Gasteiger partial charge in [0.05, 0.1) is 0 Å². The van der Waals surface area contributed by atoms with E-state index in [1.165, 1.54) is 116 Å². The molecule has 0 bridgehead atoms. The van der Waals surface area contributed by atoms with Crippen LogP contribution in [0.1, 0.15) is 239 Å². The first-order valence-electron chi connectivity index (χ1n) is 26.7. The summed E-state index contributed by atoms with van der Waals surface area (Å²) in [4.78, 5) is 38.0. The van der Waals surface area contributed by atoms with Gasteiger partial charge in [0.15, 0.2) is 6.10 Å². The van der Waals surface area contributed by atoms with E-state index in [1.54, 1.807) is 0 Å². The van der Waals surface area contributed by atoms with Crippen LogP contribution >= 0.6 is 0 Å². The zero-order valence-electron chi connectivity index (χ0n) is 42.2. The van der Waals surface area contributed by atoms with Gasteiger partial charge in [0.2, 0.25) is 0 Å². The first kappa shape index (κ1) is 61.3. The third-order valence-electron chi connectivity index (χ3n) is 11.1. The van der Waals surface area contributed by atoms with Gasteiger partial charge in [0, 0.05) is 19.3 Å². The fraction of sp³-hybridized carbons (Fsp3) is 0.678. The average molecular weight is 903 g/mol. The molecule has 0 aliphatic rings. The second kappa shape index (κ2) is 52.9. The maximum atomic E-state index is 12.8. The van der Waals surface area contributed by atoms with Crippen molar-refractivity contribution in [3.63, 3.8) is 0 Å². The zero-order valence-corrected chi connectivity index (χ0v) is 42.2.